The van der Waals surface area contributed by atoms with E-state index in [2.05, 4.69) is 5.32 Å². The molecule has 0 bridgehead atoms. The lowest BCUT2D eigenvalue weighted by molar-refractivity contribution is 0.0185. The molecule has 3 N–H and O–H groups in total. The molecule has 1 aromatic rings. The van der Waals surface area contributed by atoms with Crippen LogP contribution < -0.4 is 11.1 Å². The van der Waals surface area contributed by atoms with E-state index in [1.165, 1.54) is 0 Å². The Bertz CT molecular complexity index is 473. The predicted molar refractivity (Wildman–Crippen MR) is 73.8 cm³/mol. The zero-order valence-corrected chi connectivity index (χ0v) is 11.8. The van der Waals surface area contributed by atoms with Gasteiger partial charge in [0, 0.05) is 30.5 Å². The molecule has 0 atom stereocenters. The lowest BCUT2D eigenvalue weighted by atomic mass is 10.0. The smallest absolute Gasteiger partial charge is 0.248 e. The number of benzene rings is 1. The van der Waals surface area contributed by atoms with Crippen LogP contribution in [0.4, 0.5) is 10.1 Å². The fraction of sp³-hybridized carbons (Fsp3) is 0.500. The number of carbonyl (C=O) groups excluding carboxylic acids is 1. The van der Waals surface area contributed by atoms with E-state index in [0.717, 1.165) is 12.5 Å². The van der Waals surface area contributed by atoms with Gasteiger partial charge in [0.1, 0.15) is 5.82 Å². The lowest BCUT2D eigenvalue weighted by Gasteiger charge is -2.23. The summed E-state index contributed by atoms with van der Waals surface area (Å²) in [5.74, 6) is -1.08. The summed E-state index contributed by atoms with van der Waals surface area (Å²) in [5.41, 5.74) is 6.14. The number of ether oxygens (including phenoxy) is 1. The van der Waals surface area contributed by atoms with E-state index in [9.17, 15) is 9.18 Å². The molecular weight excluding hydrogens is 247 g/mol. The maximum absolute atomic E-state index is 13.7. The van der Waals surface area contributed by atoms with Crippen molar-refractivity contribution in [1.82, 2.24) is 0 Å². The Hall–Kier alpha value is -1.62. The van der Waals surface area contributed by atoms with Gasteiger partial charge >= 0.3 is 0 Å². The maximum atomic E-state index is 13.7. The lowest BCUT2D eigenvalue weighted by Crippen LogP contribution is -2.26. The number of carbonyl (C=O) groups is 1. The van der Waals surface area contributed by atoms with Gasteiger partial charge in [-0.2, -0.15) is 0 Å². The van der Waals surface area contributed by atoms with E-state index >= 15 is 0 Å². The molecule has 0 heterocycles. The number of hydrogen-bond donors (Lipinski definition) is 2. The van der Waals surface area contributed by atoms with Crippen LogP contribution in [0.3, 0.4) is 0 Å². The fourth-order valence-electron chi connectivity index (χ4n) is 1.60. The number of rotatable bonds is 6. The summed E-state index contributed by atoms with van der Waals surface area (Å²) >= 11 is 0. The second-order valence-corrected chi connectivity index (χ2v) is 5.14. The minimum Gasteiger partial charge on any atom is -0.385 e. The van der Waals surface area contributed by atoms with Crippen LogP contribution in [-0.2, 0) is 4.74 Å². The van der Waals surface area contributed by atoms with Gasteiger partial charge < -0.3 is 15.8 Å². The molecule has 106 valence electrons. The molecule has 19 heavy (non-hydrogen) atoms. The maximum Gasteiger partial charge on any atom is 0.248 e. The van der Waals surface area contributed by atoms with Crippen molar-refractivity contribution in [2.45, 2.75) is 32.8 Å². The highest BCUT2D eigenvalue weighted by molar-refractivity contribution is 5.94. The summed E-state index contributed by atoms with van der Waals surface area (Å²) in [5, 5.41) is 3.11. The number of halogens is 1. The summed E-state index contributed by atoms with van der Waals surface area (Å²) in [6, 6.07) is 2.72. The topological polar surface area (TPSA) is 64.3 Å². The first-order valence-electron chi connectivity index (χ1n) is 6.16. The minimum absolute atomic E-state index is 0.164. The number of methoxy groups -OCH3 is 1. The average molecular weight is 268 g/mol. The Labute approximate surface area is 113 Å². The van der Waals surface area contributed by atoms with Crippen LogP contribution in [0.15, 0.2) is 12.1 Å². The van der Waals surface area contributed by atoms with Crippen molar-refractivity contribution in [3.05, 3.63) is 29.1 Å². The molecule has 0 saturated carbocycles. The Kier molecular flexibility index (Phi) is 4.89. The molecule has 0 fully saturated rings. The molecule has 0 aliphatic rings. The molecule has 0 radical (unpaired) electrons. The van der Waals surface area contributed by atoms with E-state index in [-0.39, 0.29) is 11.2 Å². The van der Waals surface area contributed by atoms with Crippen LogP contribution in [0.2, 0.25) is 0 Å². The molecule has 0 spiro atoms. The highest BCUT2D eigenvalue weighted by Gasteiger charge is 2.16. The van der Waals surface area contributed by atoms with Gasteiger partial charge in [-0.15, -0.1) is 0 Å². The Morgan fingerprint density at radius 2 is 2.11 bits per heavy atom. The number of nitrogens with one attached hydrogen (secondary N) is 1. The zero-order chi connectivity index (χ0) is 14.6. The van der Waals surface area contributed by atoms with Crippen molar-refractivity contribution in [2.24, 2.45) is 5.73 Å². The summed E-state index contributed by atoms with van der Waals surface area (Å²) in [6.45, 7) is 6.22. The average Bonchev–Trinajstić information content (AvgIpc) is 2.33. The third-order valence-electron chi connectivity index (χ3n) is 3.22. The first-order valence-corrected chi connectivity index (χ1v) is 6.16. The van der Waals surface area contributed by atoms with Gasteiger partial charge in [0.2, 0.25) is 5.91 Å². The monoisotopic (exact) mass is 268 g/mol. The molecular formula is C14H21FN2O2. The van der Waals surface area contributed by atoms with Gasteiger partial charge in [-0.1, -0.05) is 0 Å². The quantitative estimate of drug-likeness (QED) is 0.833. The highest BCUT2D eigenvalue weighted by atomic mass is 19.1. The number of primary amides is 1. The minimum atomic E-state index is -0.640. The number of nitrogens with two attached hydrogens (primary N) is 1. The van der Waals surface area contributed by atoms with Crippen LogP contribution in [0.25, 0.3) is 0 Å². The van der Waals surface area contributed by atoms with Crippen LogP contribution >= 0.6 is 0 Å². The molecule has 0 aliphatic carbocycles. The Morgan fingerprint density at radius 1 is 1.47 bits per heavy atom. The van der Waals surface area contributed by atoms with Crippen LogP contribution in [-0.4, -0.2) is 25.2 Å². The fourth-order valence-corrected chi connectivity index (χ4v) is 1.60. The molecule has 5 heteroatoms. The number of amides is 1. The third kappa shape index (κ3) is 4.21. The van der Waals surface area contributed by atoms with Gasteiger partial charge in [0.05, 0.1) is 5.60 Å². The van der Waals surface area contributed by atoms with E-state index in [1.807, 2.05) is 13.8 Å². The Morgan fingerprint density at radius 3 is 2.63 bits per heavy atom. The van der Waals surface area contributed by atoms with E-state index in [1.54, 1.807) is 20.1 Å². The van der Waals surface area contributed by atoms with Crippen molar-refractivity contribution < 1.29 is 13.9 Å². The van der Waals surface area contributed by atoms with E-state index in [4.69, 9.17) is 10.5 Å². The molecule has 4 nitrogen and oxygen atoms in total. The summed E-state index contributed by atoms with van der Waals surface area (Å²) in [6.07, 6.45) is 0.755. The number of hydrogen-bond acceptors (Lipinski definition) is 3. The van der Waals surface area contributed by atoms with Crippen molar-refractivity contribution in [3.63, 3.8) is 0 Å². The van der Waals surface area contributed by atoms with Crippen molar-refractivity contribution in [1.29, 1.82) is 0 Å². The molecule has 1 rings (SSSR count). The standard InChI is InChI=1S/C14H21FN2O2/c1-9-11(15)7-10(13(16)18)8-12(9)17-6-5-14(2,3)19-4/h7-8,17H,5-6H2,1-4H3,(H2,16,18). The van der Waals surface area contributed by atoms with Gasteiger partial charge in [-0.25, -0.2) is 4.39 Å². The molecule has 0 saturated heterocycles. The van der Waals surface area contributed by atoms with Crippen molar-refractivity contribution in [3.8, 4) is 0 Å². The van der Waals surface area contributed by atoms with Gasteiger partial charge in [-0.3, -0.25) is 4.79 Å². The van der Waals surface area contributed by atoms with Crippen LogP contribution in [0.1, 0.15) is 36.2 Å². The Balaban J connectivity index is 2.81. The molecule has 0 unspecified atom stereocenters. The molecule has 0 aromatic heterocycles. The van der Waals surface area contributed by atoms with E-state index in [0.29, 0.717) is 17.8 Å². The number of anilines is 1. The van der Waals surface area contributed by atoms with Crippen LogP contribution in [0, 0.1) is 12.7 Å². The van der Waals surface area contributed by atoms with Gasteiger partial charge in [-0.05, 0) is 39.3 Å². The summed E-state index contributed by atoms with van der Waals surface area (Å²) in [7, 11) is 1.65. The van der Waals surface area contributed by atoms with Crippen LogP contribution in [0.5, 0.6) is 0 Å². The van der Waals surface area contributed by atoms with Crippen molar-refractivity contribution in [2.75, 3.05) is 19.0 Å². The molecule has 1 aromatic carbocycles. The largest absolute Gasteiger partial charge is 0.385 e. The predicted octanol–water partition coefficient (Wildman–Crippen LogP) is 2.46. The molecule has 1 amide bonds. The summed E-state index contributed by atoms with van der Waals surface area (Å²) < 4.78 is 19.0. The first-order chi connectivity index (χ1) is 8.76. The first kappa shape index (κ1) is 15.4. The van der Waals surface area contributed by atoms with Gasteiger partial charge in [0.25, 0.3) is 0 Å². The van der Waals surface area contributed by atoms with E-state index < -0.39 is 11.7 Å². The summed E-state index contributed by atoms with van der Waals surface area (Å²) in [4.78, 5) is 11.1. The van der Waals surface area contributed by atoms with Crippen molar-refractivity contribution >= 4 is 11.6 Å². The SMILES string of the molecule is COC(C)(C)CCNc1cc(C(N)=O)cc(F)c1C. The third-order valence-corrected chi connectivity index (χ3v) is 3.22. The normalized spacial score (nSPS) is 11.4. The second-order valence-electron chi connectivity index (χ2n) is 5.14. The second kappa shape index (κ2) is 6.02. The highest BCUT2D eigenvalue weighted by Crippen LogP contribution is 2.21. The molecule has 0 aliphatic heterocycles. The van der Waals surface area contributed by atoms with Gasteiger partial charge in [0.15, 0.2) is 0 Å². The zero-order valence-electron chi connectivity index (χ0n) is 11.8.